The number of ether oxygens (including phenoxy) is 4. The van der Waals surface area contributed by atoms with E-state index in [2.05, 4.69) is 6.92 Å². The Hall–Kier alpha value is -4.06. The van der Waals surface area contributed by atoms with Gasteiger partial charge in [0.15, 0.2) is 11.5 Å². The predicted octanol–water partition coefficient (Wildman–Crippen LogP) is 6.24. The Morgan fingerprint density at radius 1 is 0.886 bits per heavy atom. The molecule has 3 rings (SSSR count). The van der Waals surface area contributed by atoms with Crippen molar-refractivity contribution in [3.05, 3.63) is 95.6 Å². The minimum absolute atomic E-state index is 0.192. The number of carbonyl (C=O) groups excluding carboxylic acids is 2. The predicted molar refractivity (Wildman–Crippen MR) is 135 cm³/mol. The van der Waals surface area contributed by atoms with E-state index in [1.807, 2.05) is 42.5 Å². The first kappa shape index (κ1) is 25.6. The van der Waals surface area contributed by atoms with E-state index in [1.165, 1.54) is 6.08 Å². The maximum absolute atomic E-state index is 12.2. The quantitative estimate of drug-likeness (QED) is 0.134. The van der Waals surface area contributed by atoms with Gasteiger partial charge in [0.1, 0.15) is 12.4 Å². The molecular weight excluding hydrogens is 444 g/mol. The number of esters is 2. The first-order valence-corrected chi connectivity index (χ1v) is 11.6. The van der Waals surface area contributed by atoms with Crippen LogP contribution in [0.4, 0.5) is 0 Å². The molecule has 6 nitrogen and oxygen atoms in total. The smallest absolute Gasteiger partial charge is 0.338 e. The molecule has 0 fully saturated rings. The maximum atomic E-state index is 12.2. The van der Waals surface area contributed by atoms with Gasteiger partial charge in [-0.15, -0.1) is 0 Å². The summed E-state index contributed by atoms with van der Waals surface area (Å²) in [6.45, 7) is 2.97. The molecule has 3 aromatic rings. The molecule has 6 heteroatoms. The fraction of sp³-hybridized carbons (Fsp3) is 0.241. The highest BCUT2D eigenvalue weighted by Gasteiger charge is 2.09. The third kappa shape index (κ3) is 8.34. The Kier molecular flexibility index (Phi) is 9.93. The molecular formula is C29H30O6. The van der Waals surface area contributed by atoms with Crippen LogP contribution in [0.5, 0.6) is 17.2 Å². The minimum atomic E-state index is -0.539. The van der Waals surface area contributed by atoms with Gasteiger partial charge in [0.25, 0.3) is 0 Å². The summed E-state index contributed by atoms with van der Waals surface area (Å²) in [7, 11) is 1.58. The molecule has 0 amide bonds. The van der Waals surface area contributed by atoms with E-state index in [0.29, 0.717) is 29.4 Å². The minimum Gasteiger partial charge on any atom is -0.493 e. The summed E-state index contributed by atoms with van der Waals surface area (Å²) in [4.78, 5) is 24.4. The van der Waals surface area contributed by atoms with Gasteiger partial charge in [-0.05, 0) is 60.0 Å². The lowest BCUT2D eigenvalue weighted by Crippen LogP contribution is -2.06. The number of hydrogen-bond donors (Lipinski definition) is 0. The molecule has 0 aliphatic rings. The summed E-state index contributed by atoms with van der Waals surface area (Å²) in [5, 5.41) is 0. The van der Waals surface area contributed by atoms with Crippen molar-refractivity contribution in [3.8, 4) is 17.2 Å². The number of hydrogen-bond acceptors (Lipinski definition) is 6. The van der Waals surface area contributed by atoms with Crippen molar-refractivity contribution in [3.63, 3.8) is 0 Å². The summed E-state index contributed by atoms with van der Waals surface area (Å²) < 4.78 is 21.8. The van der Waals surface area contributed by atoms with Gasteiger partial charge in [0.05, 0.1) is 19.3 Å². The average Bonchev–Trinajstić information content (AvgIpc) is 2.90. The van der Waals surface area contributed by atoms with E-state index in [-0.39, 0.29) is 6.61 Å². The Labute approximate surface area is 206 Å². The Morgan fingerprint density at radius 3 is 2.37 bits per heavy atom. The summed E-state index contributed by atoms with van der Waals surface area (Å²) in [6, 6.07) is 21.1. The first-order chi connectivity index (χ1) is 17.1. The van der Waals surface area contributed by atoms with Crippen LogP contribution in [0.3, 0.4) is 0 Å². The van der Waals surface area contributed by atoms with Gasteiger partial charge in [0.2, 0.25) is 0 Å². The van der Waals surface area contributed by atoms with Crippen LogP contribution in [0.2, 0.25) is 0 Å². The number of unbranched alkanes of at least 4 members (excludes halogenated alkanes) is 2. The zero-order valence-electron chi connectivity index (χ0n) is 20.1. The van der Waals surface area contributed by atoms with E-state index in [0.717, 1.165) is 30.4 Å². The van der Waals surface area contributed by atoms with Gasteiger partial charge in [-0.3, -0.25) is 0 Å². The van der Waals surface area contributed by atoms with E-state index < -0.39 is 11.9 Å². The normalized spacial score (nSPS) is 10.7. The molecule has 0 aromatic heterocycles. The summed E-state index contributed by atoms with van der Waals surface area (Å²) >= 11 is 0. The molecule has 35 heavy (non-hydrogen) atoms. The van der Waals surface area contributed by atoms with Crippen LogP contribution in [0.15, 0.2) is 78.9 Å². The second kappa shape index (κ2) is 13.6. The lowest BCUT2D eigenvalue weighted by Gasteiger charge is -2.11. The van der Waals surface area contributed by atoms with E-state index in [4.69, 9.17) is 18.9 Å². The molecule has 0 heterocycles. The lowest BCUT2D eigenvalue weighted by molar-refractivity contribution is -0.128. The molecule has 0 atom stereocenters. The SMILES string of the molecule is CCCCCOc1ccc(/C=C/C(=O)Oc2ccc(C(=O)OCc3ccccc3)cc2)cc1OC. The molecule has 0 radical (unpaired) electrons. The highest BCUT2D eigenvalue weighted by Crippen LogP contribution is 2.29. The third-order valence-corrected chi connectivity index (χ3v) is 5.13. The Bertz CT molecular complexity index is 1120. The lowest BCUT2D eigenvalue weighted by atomic mass is 10.2. The first-order valence-electron chi connectivity index (χ1n) is 11.6. The molecule has 0 N–H and O–H groups in total. The summed E-state index contributed by atoms with van der Waals surface area (Å²) in [6.07, 6.45) is 6.21. The molecule has 182 valence electrons. The van der Waals surface area contributed by atoms with Crippen molar-refractivity contribution < 1.29 is 28.5 Å². The van der Waals surface area contributed by atoms with Crippen LogP contribution >= 0.6 is 0 Å². The summed E-state index contributed by atoms with van der Waals surface area (Å²) in [5.41, 5.74) is 2.06. The highest BCUT2D eigenvalue weighted by molar-refractivity contribution is 5.90. The molecule has 0 bridgehead atoms. The van der Waals surface area contributed by atoms with Crippen LogP contribution in [-0.2, 0) is 16.1 Å². The van der Waals surface area contributed by atoms with Crippen molar-refractivity contribution in [1.29, 1.82) is 0 Å². The number of carbonyl (C=O) groups is 2. The van der Waals surface area contributed by atoms with Gasteiger partial charge in [0, 0.05) is 6.08 Å². The van der Waals surface area contributed by atoms with E-state index >= 15 is 0 Å². The third-order valence-electron chi connectivity index (χ3n) is 5.13. The van der Waals surface area contributed by atoms with Crippen molar-refractivity contribution in [2.24, 2.45) is 0 Å². The molecule has 0 aliphatic heterocycles. The fourth-order valence-electron chi connectivity index (χ4n) is 3.22. The van der Waals surface area contributed by atoms with Gasteiger partial charge >= 0.3 is 11.9 Å². The van der Waals surface area contributed by atoms with Crippen LogP contribution in [0.25, 0.3) is 6.08 Å². The Morgan fingerprint density at radius 2 is 1.66 bits per heavy atom. The van der Waals surface area contributed by atoms with Gasteiger partial charge in [-0.25, -0.2) is 9.59 Å². The summed E-state index contributed by atoms with van der Waals surface area (Å²) in [5.74, 6) is 0.617. The standard InChI is InChI=1S/C29H30O6/c1-3-4-8-19-33-26-17-11-22(20-27(26)32-2)12-18-28(30)35-25-15-13-24(14-16-25)29(31)34-21-23-9-6-5-7-10-23/h5-7,9-18,20H,3-4,8,19,21H2,1-2H3/b18-12+. The molecule has 0 spiro atoms. The monoisotopic (exact) mass is 474 g/mol. The zero-order chi connectivity index (χ0) is 24.9. The molecule has 3 aromatic carbocycles. The maximum Gasteiger partial charge on any atom is 0.338 e. The number of methoxy groups -OCH3 is 1. The van der Waals surface area contributed by atoms with Crippen LogP contribution in [0.1, 0.15) is 47.7 Å². The highest BCUT2D eigenvalue weighted by atomic mass is 16.5. The molecule has 0 saturated heterocycles. The van der Waals surface area contributed by atoms with Crippen molar-refractivity contribution in [2.45, 2.75) is 32.8 Å². The zero-order valence-corrected chi connectivity index (χ0v) is 20.1. The second-order valence-corrected chi connectivity index (χ2v) is 7.81. The molecule has 0 saturated carbocycles. The van der Waals surface area contributed by atoms with E-state index in [1.54, 1.807) is 43.5 Å². The van der Waals surface area contributed by atoms with E-state index in [9.17, 15) is 9.59 Å². The second-order valence-electron chi connectivity index (χ2n) is 7.81. The van der Waals surface area contributed by atoms with Gasteiger partial charge < -0.3 is 18.9 Å². The Balaban J connectivity index is 1.51. The number of rotatable bonds is 12. The van der Waals surface area contributed by atoms with Crippen molar-refractivity contribution in [2.75, 3.05) is 13.7 Å². The van der Waals surface area contributed by atoms with Crippen LogP contribution in [-0.4, -0.2) is 25.7 Å². The van der Waals surface area contributed by atoms with Crippen LogP contribution in [0, 0.1) is 0 Å². The fourth-order valence-corrected chi connectivity index (χ4v) is 3.22. The topological polar surface area (TPSA) is 71.1 Å². The van der Waals surface area contributed by atoms with Gasteiger partial charge in [-0.1, -0.05) is 56.2 Å². The molecule has 0 aliphatic carbocycles. The van der Waals surface area contributed by atoms with Crippen LogP contribution < -0.4 is 14.2 Å². The van der Waals surface area contributed by atoms with Gasteiger partial charge in [-0.2, -0.15) is 0 Å². The average molecular weight is 475 g/mol. The van der Waals surface area contributed by atoms with Crippen molar-refractivity contribution in [1.82, 2.24) is 0 Å². The molecule has 0 unspecified atom stereocenters. The number of benzene rings is 3. The largest absolute Gasteiger partial charge is 0.493 e. The van der Waals surface area contributed by atoms with Crippen molar-refractivity contribution >= 4 is 18.0 Å².